The van der Waals surface area contributed by atoms with E-state index in [1.165, 1.54) is 11.3 Å². The van der Waals surface area contributed by atoms with Gasteiger partial charge in [0.05, 0.1) is 17.3 Å². The van der Waals surface area contributed by atoms with Crippen LogP contribution in [0.5, 0.6) is 0 Å². The highest BCUT2D eigenvalue weighted by Crippen LogP contribution is 2.24. The van der Waals surface area contributed by atoms with Crippen LogP contribution in [0.15, 0.2) is 29.6 Å². The zero-order valence-corrected chi connectivity index (χ0v) is 12.3. The van der Waals surface area contributed by atoms with Crippen LogP contribution in [-0.2, 0) is 0 Å². The zero-order chi connectivity index (χ0) is 15.4. The summed E-state index contributed by atoms with van der Waals surface area (Å²) < 4.78 is 26.8. The standard InChI is InChI=1S/C15H16F2N2OS/c1-2-4-13(14-5-3-6-21-14)19-15(20)9-7-12(18)11(17)8-10(9)16/h3,5-8,13H,2,4,18H2,1H3,(H,19,20). The number of anilines is 1. The van der Waals surface area contributed by atoms with Crippen molar-refractivity contribution in [3.63, 3.8) is 0 Å². The number of hydrogen-bond donors (Lipinski definition) is 2. The summed E-state index contributed by atoms with van der Waals surface area (Å²) in [6.45, 7) is 2.00. The average molecular weight is 310 g/mol. The molecule has 1 heterocycles. The molecule has 0 saturated carbocycles. The molecule has 21 heavy (non-hydrogen) atoms. The van der Waals surface area contributed by atoms with Crippen molar-refractivity contribution in [2.45, 2.75) is 25.8 Å². The van der Waals surface area contributed by atoms with Gasteiger partial charge in [-0.25, -0.2) is 8.78 Å². The molecule has 112 valence electrons. The van der Waals surface area contributed by atoms with E-state index in [4.69, 9.17) is 5.73 Å². The van der Waals surface area contributed by atoms with Crippen LogP contribution in [0, 0.1) is 11.6 Å². The van der Waals surface area contributed by atoms with Crippen LogP contribution in [0.3, 0.4) is 0 Å². The molecular weight excluding hydrogens is 294 g/mol. The molecule has 2 rings (SSSR count). The summed E-state index contributed by atoms with van der Waals surface area (Å²) in [5, 5.41) is 4.69. The lowest BCUT2D eigenvalue weighted by molar-refractivity contribution is 0.0931. The van der Waals surface area contributed by atoms with E-state index < -0.39 is 17.5 Å². The highest BCUT2D eigenvalue weighted by atomic mass is 32.1. The third-order valence-electron chi connectivity index (χ3n) is 3.10. The second-order valence-corrected chi connectivity index (χ2v) is 5.66. The number of nitrogens with two attached hydrogens (primary N) is 1. The van der Waals surface area contributed by atoms with Gasteiger partial charge >= 0.3 is 0 Å². The Hall–Kier alpha value is -1.95. The Morgan fingerprint density at radius 1 is 1.38 bits per heavy atom. The quantitative estimate of drug-likeness (QED) is 0.823. The summed E-state index contributed by atoms with van der Waals surface area (Å²) in [5.74, 6) is -2.38. The molecule has 1 aromatic carbocycles. The van der Waals surface area contributed by atoms with Gasteiger partial charge in [0.15, 0.2) is 0 Å². The summed E-state index contributed by atoms with van der Waals surface area (Å²) in [7, 11) is 0. The Morgan fingerprint density at radius 3 is 2.76 bits per heavy atom. The van der Waals surface area contributed by atoms with Crippen LogP contribution >= 0.6 is 11.3 Å². The zero-order valence-electron chi connectivity index (χ0n) is 11.5. The summed E-state index contributed by atoms with van der Waals surface area (Å²) >= 11 is 1.52. The Balaban J connectivity index is 2.21. The number of carbonyl (C=O) groups excluding carboxylic acids is 1. The summed E-state index contributed by atoms with van der Waals surface area (Å²) in [6.07, 6.45) is 1.61. The van der Waals surface area contributed by atoms with Gasteiger partial charge in [-0.1, -0.05) is 19.4 Å². The van der Waals surface area contributed by atoms with Crippen LogP contribution < -0.4 is 11.1 Å². The smallest absolute Gasteiger partial charge is 0.254 e. The van der Waals surface area contributed by atoms with E-state index >= 15 is 0 Å². The fourth-order valence-corrected chi connectivity index (χ4v) is 2.85. The summed E-state index contributed by atoms with van der Waals surface area (Å²) in [4.78, 5) is 13.2. The minimum Gasteiger partial charge on any atom is -0.396 e. The first-order chi connectivity index (χ1) is 10.0. The van der Waals surface area contributed by atoms with Gasteiger partial charge in [0.25, 0.3) is 5.91 Å². The van der Waals surface area contributed by atoms with Gasteiger partial charge in [-0.05, 0) is 23.9 Å². The molecule has 1 atom stereocenters. The molecule has 0 aliphatic carbocycles. The first-order valence-corrected chi connectivity index (χ1v) is 7.49. The first kappa shape index (κ1) is 15.4. The number of hydrogen-bond acceptors (Lipinski definition) is 3. The fourth-order valence-electron chi connectivity index (χ4n) is 2.04. The maximum absolute atomic E-state index is 13.7. The Bertz CT molecular complexity index is 629. The van der Waals surface area contributed by atoms with Crippen LogP contribution in [0.25, 0.3) is 0 Å². The first-order valence-electron chi connectivity index (χ1n) is 6.61. The number of halogens is 2. The number of carbonyl (C=O) groups is 1. The Morgan fingerprint density at radius 2 is 2.14 bits per heavy atom. The molecule has 0 fully saturated rings. The van der Waals surface area contributed by atoms with Crippen molar-refractivity contribution in [2.75, 3.05) is 5.73 Å². The lowest BCUT2D eigenvalue weighted by Crippen LogP contribution is -2.29. The van der Waals surface area contributed by atoms with E-state index in [1.807, 2.05) is 24.4 Å². The largest absolute Gasteiger partial charge is 0.396 e. The Labute approximate surface area is 125 Å². The predicted molar refractivity (Wildman–Crippen MR) is 80.2 cm³/mol. The van der Waals surface area contributed by atoms with Crippen molar-refractivity contribution in [3.8, 4) is 0 Å². The van der Waals surface area contributed by atoms with Crippen molar-refractivity contribution in [3.05, 3.63) is 51.7 Å². The average Bonchev–Trinajstić information content (AvgIpc) is 2.96. The van der Waals surface area contributed by atoms with Gasteiger partial charge in [0, 0.05) is 10.9 Å². The lowest BCUT2D eigenvalue weighted by atomic mass is 10.1. The summed E-state index contributed by atoms with van der Waals surface area (Å²) in [5.41, 5.74) is 4.90. The van der Waals surface area contributed by atoms with Gasteiger partial charge in [0.2, 0.25) is 0 Å². The molecule has 1 unspecified atom stereocenters. The maximum Gasteiger partial charge on any atom is 0.254 e. The highest BCUT2D eigenvalue weighted by molar-refractivity contribution is 7.10. The lowest BCUT2D eigenvalue weighted by Gasteiger charge is -2.17. The molecule has 0 aliphatic heterocycles. The van der Waals surface area contributed by atoms with Gasteiger partial charge in [0.1, 0.15) is 11.6 Å². The SMILES string of the molecule is CCCC(NC(=O)c1cc(N)c(F)cc1F)c1cccs1. The number of rotatable bonds is 5. The van der Waals surface area contributed by atoms with E-state index in [-0.39, 0.29) is 17.3 Å². The molecule has 6 heteroatoms. The number of thiophene rings is 1. The van der Waals surface area contributed by atoms with Gasteiger partial charge in [-0.3, -0.25) is 4.79 Å². The Kier molecular flexibility index (Phi) is 4.90. The van der Waals surface area contributed by atoms with E-state index in [0.717, 1.165) is 23.8 Å². The van der Waals surface area contributed by atoms with Gasteiger partial charge in [-0.2, -0.15) is 0 Å². The fraction of sp³-hybridized carbons (Fsp3) is 0.267. The minimum atomic E-state index is -0.916. The van der Waals surface area contributed by atoms with Crippen LogP contribution in [0.2, 0.25) is 0 Å². The van der Waals surface area contributed by atoms with Crippen LogP contribution in [0.1, 0.15) is 41.0 Å². The summed E-state index contributed by atoms with van der Waals surface area (Å²) in [6, 6.07) is 5.28. The molecule has 3 N–H and O–H groups in total. The van der Waals surface area contributed by atoms with Crippen LogP contribution in [-0.4, -0.2) is 5.91 Å². The third kappa shape index (κ3) is 3.58. The molecule has 0 saturated heterocycles. The van der Waals surface area contributed by atoms with E-state index in [9.17, 15) is 13.6 Å². The number of nitrogens with one attached hydrogen (secondary N) is 1. The molecule has 0 aliphatic rings. The number of amides is 1. The predicted octanol–water partition coefficient (Wildman–Crippen LogP) is 3.88. The van der Waals surface area contributed by atoms with Crippen molar-refractivity contribution < 1.29 is 13.6 Å². The van der Waals surface area contributed by atoms with E-state index in [2.05, 4.69) is 5.32 Å². The molecule has 0 radical (unpaired) electrons. The molecule has 0 spiro atoms. The molecule has 3 nitrogen and oxygen atoms in total. The van der Waals surface area contributed by atoms with E-state index in [0.29, 0.717) is 6.07 Å². The number of benzene rings is 1. The van der Waals surface area contributed by atoms with Crippen molar-refractivity contribution in [1.82, 2.24) is 5.32 Å². The van der Waals surface area contributed by atoms with Crippen molar-refractivity contribution in [1.29, 1.82) is 0 Å². The normalized spacial score (nSPS) is 12.1. The van der Waals surface area contributed by atoms with Crippen molar-refractivity contribution >= 4 is 22.9 Å². The second kappa shape index (κ2) is 6.67. The molecule has 1 aromatic heterocycles. The number of nitrogen functional groups attached to an aromatic ring is 1. The molecular formula is C15H16F2N2OS. The highest BCUT2D eigenvalue weighted by Gasteiger charge is 2.19. The molecule has 1 amide bonds. The molecule has 2 aromatic rings. The molecule has 0 bridgehead atoms. The minimum absolute atomic E-state index is 0.187. The third-order valence-corrected chi connectivity index (χ3v) is 4.09. The van der Waals surface area contributed by atoms with E-state index in [1.54, 1.807) is 0 Å². The van der Waals surface area contributed by atoms with Crippen molar-refractivity contribution in [2.24, 2.45) is 0 Å². The van der Waals surface area contributed by atoms with Crippen LogP contribution in [0.4, 0.5) is 14.5 Å². The topological polar surface area (TPSA) is 55.1 Å². The maximum atomic E-state index is 13.7. The monoisotopic (exact) mass is 310 g/mol. The van der Waals surface area contributed by atoms with Gasteiger partial charge in [-0.15, -0.1) is 11.3 Å². The second-order valence-electron chi connectivity index (χ2n) is 4.68. The van der Waals surface area contributed by atoms with Gasteiger partial charge < -0.3 is 11.1 Å².